The summed E-state index contributed by atoms with van der Waals surface area (Å²) in [6.07, 6.45) is 32.7. The molecular weight excluding hydrogens is 394 g/mol. The number of nitrogens with zero attached hydrogens (tertiary/aromatic N) is 1. The summed E-state index contributed by atoms with van der Waals surface area (Å²) >= 11 is 0. The third-order valence-electron chi connectivity index (χ3n) is 6.91. The fourth-order valence-corrected chi connectivity index (χ4v) is 4.74. The molecule has 0 bridgehead atoms. The Balaban J connectivity index is 3.10. The van der Waals surface area contributed by atoms with Crippen LogP contribution in [0.5, 0.6) is 0 Å². The van der Waals surface area contributed by atoms with Crippen LogP contribution in [0.1, 0.15) is 155 Å². The van der Waals surface area contributed by atoms with Gasteiger partial charge in [-0.3, -0.25) is 4.90 Å². The third kappa shape index (κ3) is 26.1. The molecule has 0 saturated carbocycles. The molecule has 0 saturated heterocycles. The number of aliphatic hydroxyl groups is 2. The maximum atomic E-state index is 9.02. The van der Waals surface area contributed by atoms with Crippen molar-refractivity contribution < 1.29 is 10.2 Å². The lowest BCUT2D eigenvalue weighted by Crippen LogP contribution is -2.30. The Kier molecular flexibility index (Phi) is 28.8. The largest absolute Gasteiger partial charge is 0.395 e. The summed E-state index contributed by atoms with van der Waals surface area (Å²) in [5.41, 5.74) is 0. The van der Waals surface area contributed by atoms with Crippen molar-refractivity contribution in [2.45, 2.75) is 155 Å². The second-order valence-corrected chi connectivity index (χ2v) is 10.1. The fraction of sp³-hybridized carbons (Fsp3) is 1.00. The molecule has 0 amide bonds. The number of aliphatic hydroxyl groups excluding tert-OH is 2. The minimum atomic E-state index is 0.194. The van der Waals surface area contributed by atoms with Crippen molar-refractivity contribution in [3.05, 3.63) is 0 Å². The summed E-state index contributed by atoms with van der Waals surface area (Å²) < 4.78 is 0. The summed E-state index contributed by atoms with van der Waals surface area (Å²) in [5.74, 6) is 0. The van der Waals surface area contributed by atoms with E-state index in [1.54, 1.807) is 0 Å². The molecule has 0 heterocycles. The zero-order valence-corrected chi connectivity index (χ0v) is 22.1. The molecule has 0 aliphatic heterocycles. The van der Waals surface area contributed by atoms with Crippen LogP contribution in [0.3, 0.4) is 0 Å². The van der Waals surface area contributed by atoms with Crippen LogP contribution in [0.25, 0.3) is 0 Å². The Morgan fingerprint density at radius 1 is 0.344 bits per heavy atom. The number of hydrogen-bond acceptors (Lipinski definition) is 3. The summed E-state index contributed by atoms with van der Waals surface area (Å²) in [6.45, 7) is 5.09. The minimum Gasteiger partial charge on any atom is -0.395 e. The van der Waals surface area contributed by atoms with E-state index in [1.165, 1.54) is 148 Å². The van der Waals surface area contributed by atoms with Gasteiger partial charge in [0.15, 0.2) is 0 Å². The molecule has 194 valence electrons. The molecule has 0 radical (unpaired) electrons. The molecule has 3 heteroatoms. The fourth-order valence-electron chi connectivity index (χ4n) is 4.74. The van der Waals surface area contributed by atoms with E-state index in [9.17, 15) is 0 Å². The lowest BCUT2D eigenvalue weighted by Gasteiger charge is -2.19. The monoisotopic (exact) mass is 455 g/mol. The average molecular weight is 456 g/mol. The van der Waals surface area contributed by atoms with Crippen molar-refractivity contribution >= 4 is 0 Å². The normalized spacial score (nSPS) is 11.6. The SMILES string of the molecule is CCCCCCCCCCCCCCCCCCCCCCCCCN(CCO)CCO. The number of unbranched alkanes of at least 4 members (excludes halogenated alkanes) is 22. The van der Waals surface area contributed by atoms with Gasteiger partial charge in [-0.1, -0.05) is 148 Å². The highest BCUT2D eigenvalue weighted by molar-refractivity contribution is 4.57. The van der Waals surface area contributed by atoms with E-state index >= 15 is 0 Å². The van der Waals surface area contributed by atoms with Crippen LogP contribution in [-0.2, 0) is 0 Å². The summed E-state index contributed by atoms with van der Waals surface area (Å²) in [5, 5.41) is 18.0. The van der Waals surface area contributed by atoms with Gasteiger partial charge in [-0.2, -0.15) is 0 Å². The summed E-state index contributed by atoms with van der Waals surface area (Å²) in [4.78, 5) is 2.16. The lowest BCUT2D eigenvalue weighted by molar-refractivity contribution is 0.159. The molecule has 0 aromatic carbocycles. The van der Waals surface area contributed by atoms with E-state index in [0.717, 1.165) is 6.54 Å². The first-order valence-electron chi connectivity index (χ1n) is 14.8. The molecule has 0 aliphatic rings. The molecule has 0 spiro atoms. The lowest BCUT2D eigenvalue weighted by atomic mass is 10.0. The molecule has 0 aromatic heterocycles. The maximum absolute atomic E-state index is 9.02. The molecule has 0 atom stereocenters. The van der Waals surface area contributed by atoms with Crippen molar-refractivity contribution in [2.75, 3.05) is 32.8 Å². The van der Waals surface area contributed by atoms with Crippen molar-refractivity contribution in [1.82, 2.24) is 4.90 Å². The summed E-state index contributed by atoms with van der Waals surface area (Å²) in [7, 11) is 0. The molecule has 0 unspecified atom stereocenters. The van der Waals surface area contributed by atoms with Gasteiger partial charge in [0.2, 0.25) is 0 Å². The van der Waals surface area contributed by atoms with Gasteiger partial charge in [-0.25, -0.2) is 0 Å². The van der Waals surface area contributed by atoms with Crippen molar-refractivity contribution in [1.29, 1.82) is 0 Å². The molecule has 0 fully saturated rings. The second kappa shape index (κ2) is 28.9. The number of hydrogen-bond donors (Lipinski definition) is 2. The average Bonchev–Trinajstić information content (AvgIpc) is 2.79. The predicted molar refractivity (Wildman–Crippen MR) is 142 cm³/mol. The Labute approximate surface area is 202 Å². The Hall–Kier alpha value is -0.120. The topological polar surface area (TPSA) is 43.7 Å². The quantitative estimate of drug-likeness (QED) is 0.117. The summed E-state index contributed by atoms with van der Waals surface area (Å²) in [6, 6.07) is 0. The van der Waals surface area contributed by atoms with Crippen LogP contribution in [0.2, 0.25) is 0 Å². The van der Waals surface area contributed by atoms with Gasteiger partial charge in [0.25, 0.3) is 0 Å². The van der Waals surface area contributed by atoms with Crippen LogP contribution in [0, 0.1) is 0 Å². The Morgan fingerprint density at radius 2 is 0.594 bits per heavy atom. The molecule has 0 aromatic rings. The smallest absolute Gasteiger partial charge is 0.0558 e. The van der Waals surface area contributed by atoms with E-state index in [2.05, 4.69) is 11.8 Å². The Bertz CT molecular complexity index is 318. The van der Waals surface area contributed by atoms with Crippen LogP contribution < -0.4 is 0 Å². The second-order valence-electron chi connectivity index (χ2n) is 10.1. The zero-order chi connectivity index (χ0) is 23.4. The van der Waals surface area contributed by atoms with Gasteiger partial charge >= 0.3 is 0 Å². The van der Waals surface area contributed by atoms with Crippen molar-refractivity contribution in [3.8, 4) is 0 Å². The first-order valence-corrected chi connectivity index (χ1v) is 14.8. The van der Waals surface area contributed by atoms with Gasteiger partial charge < -0.3 is 10.2 Å². The van der Waals surface area contributed by atoms with E-state index in [0.29, 0.717) is 13.1 Å². The molecule has 32 heavy (non-hydrogen) atoms. The molecule has 3 nitrogen and oxygen atoms in total. The third-order valence-corrected chi connectivity index (χ3v) is 6.91. The highest BCUT2D eigenvalue weighted by Gasteiger charge is 2.02. The molecule has 0 aliphatic carbocycles. The first kappa shape index (κ1) is 31.9. The van der Waals surface area contributed by atoms with E-state index < -0.39 is 0 Å². The van der Waals surface area contributed by atoms with Gasteiger partial charge in [-0.05, 0) is 13.0 Å². The molecular formula is C29H61NO2. The van der Waals surface area contributed by atoms with Crippen LogP contribution >= 0.6 is 0 Å². The highest BCUT2D eigenvalue weighted by Crippen LogP contribution is 2.15. The first-order chi connectivity index (χ1) is 15.8. The zero-order valence-electron chi connectivity index (χ0n) is 22.1. The van der Waals surface area contributed by atoms with Crippen LogP contribution in [0.4, 0.5) is 0 Å². The number of rotatable bonds is 28. The van der Waals surface area contributed by atoms with E-state index in [4.69, 9.17) is 10.2 Å². The van der Waals surface area contributed by atoms with Crippen molar-refractivity contribution in [3.63, 3.8) is 0 Å². The minimum absolute atomic E-state index is 0.194. The van der Waals surface area contributed by atoms with Gasteiger partial charge in [-0.15, -0.1) is 0 Å². The standard InChI is InChI=1S/C29H61NO2/c1-2-3-4-5-6-7-8-9-10-11-12-13-14-15-16-17-18-19-20-21-22-23-24-25-30(26-28-31)27-29-32/h31-32H,2-29H2,1H3. The highest BCUT2D eigenvalue weighted by atomic mass is 16.3. The molecule has 2 N–H and O–H groups in total. The van der Waals surface area contributed by atoms with Crippen LogP contribution in [-0.4, -0.2) is 48.0 Å². The van der Waals surface area contributed by atoms with E-state index in [1.807, 2.05) is 0 Å². The predicted octanol–water partition coefficient (Wildman–Crippen LogP) is 8.27. The van der Waals surface area contributed by atoms with Crippen molar-refractivity contribution in [2.24, 2.45) is 0 Å². The van der Waals surface area contributed by atoms with Crippen LogP contribution in [0.15, 0.2) is 0 Å². The Morgan fingerprint density at radius 3 is 0.844 bits per heavy atom. The van der Waals surface area contributed by atoms with Gasteiger partial charge in [0.05, 0.1) is 13.2 Å². The van der Waals surface area contributed by atoms with Gasteiger partial charge in [0, 0.05) is 13.1 Å². The van der Waals surface area contributed by atoms with E-state index in [-0.39, 0.29) is 13.2 Å². The molecule has 0 rings (SSSR count). The van der Waals surface area contributed by atoms with Gasteiger partial charge in [0.1, 0.15) is 0 Å². The maximum Gasteiger partial charge on any atom is 0.0558 e.